The van der Waals surface area contributed by atoms with E-state index >= 15 is 0 Å². The second-order valence-electron chi connectivity index (χ2n) is 5.21. The van der Waals surface area contributed by atoms with Crippen LogP contribution in [0.2, 0.25) is 0 Å². The summed E-state index contributed by atoms with van der Waals surface area (Å²) in [5.74, 6) is 0.843. The summed E-state index contributed by atoms with van der Waals surface area (Å²) in [6, 6.07) is 8.24. The van der Waals surface area contributed by atoms with E-state index in [9.17, 15) is 4.79 Å². The van der Waals surface area contributed by atoms with Crippen LogP contribution in [0.15, 0.2) is 18.2 Å². The molecule has 0 heterocycles. The SMILES string of the molecule is Cc1cccc(OCCC(=O)N(CC#N)C2CC2)c1C. The summed E-state index contributed by atoms with van der Waals surface area (Å²) in [5, 5.41) is 8.76. The molecule has 1 aromatic rings. The van der Waals surface area contributed by atoms with Crippen LogP contribution in [-0.2, 0) is 4.79 Å². The van der Waals surface area contributed by atoms with Crippen molar-refractivity contribution in [3.8, 4) is 11.8 Å². The number of hydrogen-bond acceptors (Lipinski definition) is 3. The molecule has 106 valence electrons. The van der Waals surface area contributed by atoms with Crippen molar-refractivity contribution in [2.24, 2.45) is 0 Å². The molecule has 0 bridgehead atoms. The van der Waals surface area contributed by atoms with Crippen LogP contribution in [0.3, 0.4) is 0 Å². The van der Waals surface area contributed by atoms with Gasteiger partial charge in [0.25, 0.3) is 0 Å². The number of nitrogens with zero attached hydrogens (tertiary/aromatic N) is 2. The first-order chi connectivity index (χ1) is 9.63. The molecule has 4 nitrogen and oxygen atoms in total. The van der Waals surface area contributed by atoms with Crippen molar-refractivity contribution < 1.29 is 9.53 Å². The highest BCUT2D eigenvalue weighted by Crippen LogP contribution is 2.27. The summed E-state index contributed by atoms with van der Waals surface area (Å²) in [7, 11) is 0. The van der Waals surface area contributed by atoms with Crippen molar-refractivity contribution in [1.82, 2.24) is 4.90 Å². The molecule has 0 spiro atoms. The molecule has 1 fully saturated rings. The second kappa shape index (κ2) is 6.42. The van der Waals surface area contributed by atoms with E-state index in [0.29, 0.717) is 13.0 Å². The summed E-state index contributed by atoms with van der Waals surface area (Å²) >= 11 is 0. The van der Waals surface area contributed by atoms with Gasteiger partial charge in [-0.2, -0.15) is 5.26 Å². The van der Waals surface area contributed by atoms with Gasteiger partial charge in [-0.3, -0.25) is 4.79 Å². The van der Waals surface area contributed by atoms with Crippen LogP contribution < -0.4 is 4.74 Å². The Morgan fingerprint density at radius 1 is 1.45 bits per heavy atom. The van der Waals surface area contributed by atoms with Gasteiger partial charge in [-0.25, -0.2) is 0 Å². The van der Waals surface area contributed by atoms with Crippen LogP contribution in [0.1, 0.15) is 30.4 Å². The zero-order valence-corrected chi connectivity index (χ0v) is 12.1. The van der Waals surface area contributed by atoms with Crippen molar-refractivity contribution in [2.75, 3.05) is 13.2 Å². The molecule has 0 N–H and O–H groups in total. The largest absolute Gasteiger partial charge is 0.493 e. The molecule has 2 rings (SSSR count). The Morgan fingerprint density at radius 3 is 2.85 bits per heavy atom. The third kappa shape index (κ3) is 3.51. The number of carbonyl (C=O) groups is 1. The lowest BCUT2D eigenvalue weighted by atomic mass is 10.1. The molecule has 0 atom stereocenters. The van der Waals surface area contributed by atoms with Crippen LogP contribution in [0.25, 0.3) is 0 Å². The minimum absolute atomic E-state index is 0.0133. The Bertz CT molecular complexity index is 530. The molecular formula is C16H20N2O2. The number of carbonyl (C=O) groups excluding carboxylic acids is 1. The van der Waals surface area contributed by atoms with Gasteiger partial charge in [0.05, 0.1) is 19.1 Å². The first-order valence-corrected chi connectivity index (χ1v) is 6.99. The van der Waals surface area contributed by atoms with Gasteiger partial charge >= 0.3 is 0 Å². The van der Waals surface area contributed by atoms with E-state index in [-0.39, 0.29) is 18.5 Å². The lowest BCUT2D eigenvalue weighted by Gasteiger charge is -2.19. The van der Waals surface area contributed by atoms with Crippen LogP contribution in [0, 0.1) is 25.2 Å². The zero-order chi connectivity index (χ0) is 14.5. The summed E-state index contributed by atoms with van der Waals surface area (Å²) in [4.78, 5) is 13.7. The number of hydrogen-bond donors (Lipinski definition) is 0. The number of ether oxygens (including phenoxy) is 1. The summed E-state index contributed by atoms with van der Waals surface area (Å²) in [5.41, 5.74) is 2.29. The Hall–Kier alpha value is -2.02. The van der Waals surface area contributed by atoms with Crippen molar-refractivity contribution >= 4 is 5.91 Å². The molecule has 20 heavy (non-hydrogen) atoms. The maximum atomic E-state index is 12.1. The maximum Gasteiger partial charge on any atom is 0.227 e. The molecular weight excluding hydrogens is 252 g/mol. The van der Waals surface area contributed by atoms with Crippen LogP contribution in [-0.4, -0.2) is 30.0 Å². The summed E-state index contributed by atoms with van der Waals surface area (Å²) < 4.78 is 5.69. The molecule has 1 aliphatic carbocycles. The molecule has 0 radical (unpaired) electrons. The van der Waals surface area contributed by atoms with Crippen molar-refractivity contribution in [3.05, 3.63) is 29.3 Å². The number of aryl methyl sites for hydroxylation is 1. The molecule has 1 aromatic carbocycles. The third-order valence-electron chi connectivity index (χ3n) is 3.68. The van der Waals surface area contributed by atoms with Crippen LogP contribution in [0.4, 0.5) is 0 Å². The zero-order valence-electron chi connectivity index (χ0n) is 12.1. The minimum atomic E-state index is 0.0133. The predicted molar refractivity (Wildman–Crippen MR) is 76.4 cm³/mol. The van der Waals surface area contributed by atoms with Gasteiger partial charge in [0.1, 0.15) is 12.3 Å². The summed E-state index contributed by atoms with van der Waals surface area (Å²) in [6.07, 6.45) is 2.36. The molecule has 4 heteroatoms. The molecule has 1 aliphatic rings. The minimum Gasteiger partial charge on any atom is -0.493 e. The smallest absolute Gasteiger partial charge is 0.227 e. The first kappa shape index (κ1) is 14.4. The fourth-order valence-corrected chi connectivity index (χ4v) is 2.16. The van der Waals surface area contributed by atoms with Gasteiger partial charge in [-0.05, 0) is 43.9 Å². The highest BCUT2D eigenvalue weighted by molar-refractivity contribution is 5.77. The van der Waals surface area contributed by atoms with Crippen molar-refractivity contribution in [2.45, 2.75) is 39.2 Å². The Morgan fingerprint density at radius 2 is 2.20 bits per heavy atom. The van der Waals surface area contributed by atoms with E-state index in [2.05, 4.69) is 6.07 Å². The van der Waals surface area contributed by atoms with Gasteiger partial charge in [0.15, 0.2) is 0 Å². The number of rotatable bonds is 6. The van der Waals surface area contributed by atoms with E-state index in [1.807, 2.05) is 32.0 Å². The quantitative estimate of drug-likeness (QED) is 0.748. The Balaban J connectivity index is 1.84. The maximum absolute atomic E-state index is 12.1. The number of benzene rings is 1. The lowest BCUT2D eigenvalue weighted by molar-refractivity contribution is -0.131. The summed E-state index contributed by atoms with van der Waals surface area (Å²) in [6.45, 7) is 4.60. The highest BCUT2D eigenvalue weighted by Gasteiger charge is 2.31. The standard InChI is InChI=1S/C16H20N2O2/c1-12-4-3-5-15(13(12)2)20-11-8-16(19)18(10-9-17)14-6-7-14/h3-5,14H,6-8,10-11H2,1-2H3. The third-order valence-corrected chi connectivity index (χ3v) is 3.68. The van der Waals surface area contributed by atoms with E-state index < -0.39 is 0 Å². The number of amides is 1. The fraction of sp³-hybridized carbons (Fsp3) is 0.500. The predicted octanol–water partition coefficient (Wildman–Crippen LogP) is 2.59. The lowest BCUT2D eigenvalue weighted by Crippen LogP contribution is -2.34. The van der Waals surface area contributed by atoms with Gasteiger partial charge in [0.2, 0.25) is 5.91 Å². The van der Waals surface area contributed by atoms with Gasteiger partial charge < -0.3 is 9.64 Å². The van der Waals surface area contributed by atoms with Crippen LogP contribution >= 0.6 is 0 Å². The molecule has 0 unspecified atom stereocenters. The fourth-order valence-electron chi connectivity index (χ4n) is 2.16. The second-order valence-corrected chi connectivity index (χ2v) is 5.21. The first-order valence-electron chi connectivity index (χ1n) is 6.99. The van der Waals surface area contributed by atoms with E-state index in [0.717, 1.165) is 24.2 Å². The van der Waals surface area contributed by atoms with Gasteiger partial charge in [-0.1, -0.05) is 12.1 Å². The molecule has 0 saturated heterocycles. The Labute approximate surface area is 120 Å². The van der Waals surface area contributed by atoms with E-state index in [4.69, 9.17) is 10.00 Å². The van der Waals surface area contributed by atoms with Crippen molar-refractivity contribution in [3.63, 3.8) is 0 Å². The average molecular weight is 272 g/mol. The normalized spacial score (nSPS) is 13.7. The molecule has 0 aliphatic heterocycles. The molecule has 1 amide bonds. The Kier molecular flexibility index (Phi) is 4.62. The topological polar surface area (TPSA) is 53.3 Å². The molecule has 1 saturated carbocycles. The number of nitriles is 1. The van der Waals surface area contributed by atoms with Crippen molar-refractivity contribution in [1.29, 1.82) is 5.26 Å². The van der Waals surface area contributed by atoms with Gasteiger partial charge in [0, 0.05) is 6.04 Å². The molecule has 0 aromatic heterocycles. The van der Waals surface area contributed by atoms with Crippen LogP contribution in [0.5, 0.6) is 5.75 Å². The van der Waals surface area contributed by atoms with E-state index in [1.165, 1.54) is 5.56 Å². The van der Waals surface area contributed by atoms with E-state index in [1.54, 1.807) is 4.90 Å². The monoisotopic (exact) mass is 272 g/mol. The average Bonchev–Trinajstić information content (AvgIpc) is 3.25. The van der Waals surface area contributed by atoms with Gasteiger partial charge in [-0.15, -0.1) is 0 Å². The highest BCUT2D eigenvalue weighted by atomic mass is 16.5.